The summed E-state index contributed by atoms with van der Waals surface area (Å²) >= 11 is 0.472. The third-order valence-corrected chi connectivity index (χ3v) is 4.10. The monoisotopic (exact) mass is 380 g/mol. The summed E-state index contributed by atoms with van der Waals surface area (Å²) in [4.78, 5) is 23.9. The van der Waals surface area contributed by atoms with Gasteiger partial charge in [-0.05, 0) is 36.4 Å². The highest BCUT2D eigenvalue weighted by molar-refractivity contribution is 7.99. The number of amides is 1. The number of carbonyl (C=O) groups is 2. The van der Waals surface area contributed by atoms with Crippen LogP contribution < -0.4 is 10.6 Å². The topological polar surface area (TPSA) is 67.4 Å². The Labute approximate surface area is 154 Å². The van der Waals surface area contributed by atoms with Gasteiger partial charge in [-0.1, -0.05) is 23.9 Å². The summed E-state index contributed by atoms with van der Waals surface area (Å²) in [7, 11) is 1.29. The quantitative estimate of drug-likeness (QED) is 0.534. The Morgan fingerprint density at radius 3 is 2.46 bits per heavy atom. The zero-order valence-electron chi connectivity index (χ0n) is 14.0. The van der Waals surface area contributed by atoms with E-state index in [-0.39, 0.29) is 18.9 Å². The van der Waals surface area contributed by atoms with Crippen LogP contribution in [-0.2, 0) is 9.53 Å². The molecule has 0 aliphatic rings. The Kier molecular flexibility index (Phi) is 7.40. The molecule has 2 N–H and O–H groups in total. The first-order valence-electron chi connectivity index (χ1n) is 7.75. The number of hydrogen-bond acceptors (Lipinski definition) is 5. The molecule has 0 aliphatic carbocycles. The van der Waals surface area contributed by atoms with E-state index in [1.165, 1.54) is 7.11 Å². The summed E-state index contributed by atoms with van der Waals surface area (Å²) < 4.78 is 29.2. The number of methoxy groups -OCH3 is 1. The van der Waals surface area contributed by atoms with Gasteiger partial charge in [-0.15, -0.1) is 0 Å². The van der Waals surface area contributed by atoms with Crippen molar-refractivity contribution in [3.05, 3.63) is 54.1 Å². The molecule has 0 fully saturated rings. The highest BCUT2D eigenvalue weighted by atomic mass is 32.2. The lowest BCUT2D eigenvalue weighted by atomic mass is 10.1. The van der Waals surface area contributed by atoms with Crippen molar-refractivity contribution in [1.82, 2.24) is 5.32 Å². The van der Waals surface area contributed by atoms with Gasteiger partial charge < -0.3 is 15.4 Å². The third kappa shape index (κ3) is 6.03. The Hall–Kier alpha value is -2.61. The molecule has 0 radical (unpaired) electrons. The van der Waals surface area contributed by atoms with Crippen molar-refractivity contribution < 1.29 is 23.1 Å². The van der Waals surface area contributed by atoms with E-state index in [0.29, 0.717) is 33.6 Å². The zero-order valence-corrected chi connectivity index (χ0v) is 14.8. The van der Waals surface area contributed by atoms with E-state index in [0.717, 1.165) is 0 Å². The van der Waals surface area contributed by atoms with Crippen molar-refractivity contribution in [3.63, 3.8) is 0 Å². The second-order valence-electron chi connectivity index (χ2n) is 5.16. The third-order valence-electron chi connectivity index (χ3n) is 3.37. The SMILES string of the molecule is COC(=O)CCNC(=O)c1ccccc1Nc1ccc(SC(F)F)cc1. The molecule has 2 rings (SSSR count). The minimum atomic E-state index is -2.47. The first-order chi connectivity index (χ1) is 12.5. The van der Waals surface area contributed by atoms with E-state index in [2.05, 4.69) is 15.4 Å². The highest BCUT2D eigenvalue weighted by Crippen LogP contribution is 2.27. The summed E-state index contributed by atoms with van der Waals surface area (Å²) in [6.07, 6.45) is 0.0844. The van der Waals surface area contributed by atoms with Crippen molar-refractivity contribution in [3.8, 4) is 0 Å². The fraction of sp³-hybridized carbons (Fsp3) is 0.222. The maximum Gasteiger partial charge on any atom is 0.307 e. The number of hydrogen-bond donors (Lipinski definition) is 2. The molecule has 0 bridgehead atoms. The standard InChI is InChI=1S/C18H18F2N2O3S/c1-25-16(23)10-11-21-17(24)14-4-2-3-5-15(14)22-12-6-8-13(9-7-12)26-18(19)20/h2-9,18,22H,10-11H2,1H3,(H,21,24). The number of ether oxygens (including phenoxy) is 1. The molecule has 0 unspecified atom stereocenters. The van der Waals surface area contributed by atoms with E-state index in [4.69, 9.17) is 0 Å². The van der Waals surface area contributed by atoms with E-state index in [9.17, 15) is 18.4 Å². The first-order valence-corrected chi connectivity index (χ1v) is 8.63. The van der Waals surface area contributed by atoms with Gasteiger partial charge in [-0.25, -0.2) is 0 Å². The normalized spacial score (nSPS) is 10.5. The van der Waals surface area contributed by atoms with E-state index < -0.39 is 11.7 Å². The highest BCUT2D eigenvalue weighted by Gasteiger charge is 2.12. The van der Waals surface area contributed by atoms with E-state index in [1.54, 1.807) is 48.5 Å². The molecule has 26 heavy (non-hydrogen) atoms. The smallest absolute Gasteiger partial charge is 0.307 e. The molecular formula is C18H18F2N2O3S. The lowest BCUT2D eigenvalue weighted by Gasteiger charge is -2.12. The molecule has 5 nitrogen and oxygen atoms in total. The van der Waals surface area contributed by atoms with Gasteiger partial charge in [0.2, 0.25) is 0 Å². The maximum absolute atomic E-state index is 12.4. The summed E-state index contributed by atoms with van der Waals surface area (Å²) in [5, 5.41) is 5.75. The van der Waals surface area contributed by atoms with Crippen molar-refractivity contribution in [2.24, 2.45) is 0 Å². The number of halogens is 2. The van der Waals surface area contributed by atoms with Crippen molar-refractivity contribution in [2.75, 3.05) is 19.0 Å². The molecule has 2 aromatic carbocycles. The molecule has 0 saturated heterocycles. The van der Waals surface area contributed by atoms with E-state index >= 15 is 0 Å². The predicted octanol–water partition coefficient (Wildman–Crippen LogP) is 4.04. The van der Waals surface area contributed by atoms with Gasteiger partial charge in [0.25, 0.3) is 11.7 Å². The van der Waals surface area contributed by atoms with Crippen LogP contribution in [0, 0.1) is 0 Å². The number of rotatable bonds is 8. The Morgan fingerprint density at radius 2 is 1.81 bits per heavy atom. The Morgan fingerprint density at radius 1 is 1.12 bits per heavy atom. The molecular weight excluding hydrogens is 362 g/mol. The van der Waals surface area contributed by atoms with Gasteiger partial charge in [0, 0.05) is 17.1 Å². The number of anilines is 2. The number of thioether (sulfide) groups is 1. The van der Waals surface area contributed by atoms with Crippen LogP contribution in [0.1, 0.15) is 16.8 Å². The average molecular weight is 380 g/mol. The van der Waals surface area contributed by atoms with Crippen LogP contribution in [0.4, 0.5) is 20.2 Å². The number of benzene rings is 2. The zero-order chi connectivity index (χ0) is 18.9. The van der Waals surface area contributed by atoms with Crippen LogP contribution >= 0.6 is 11.8 Å². The number of alkyl halides is 2. The van der Waals surface area contributed by atoms with Crippen molar-refractivity contribution in [2.45, 2.75) is 17.1 Å². The molecule has 0 heterocycles. The van der Waals surface area contributed by atoms with E-state index in [1.807, 2.05) is 0 Å². The summed E-state index contributed by atoms with van der Waals surface area (Å²) in [6.45, 7) is 0.166. The molecule has 0 aliphatic heterocycles. The Bertz CT molecular complexity index is 754. The summed E-state index contributed by atoms with van der Waals surface area (Å²) in [6, 6.07) is 13.4. The van der Waals surface area contributed by atoms with Gasteiger partial charge in [0.05, 0.1) is 24.8 Å². The van der Waals surface area contributed by atoms with Crippen LogP contribution in [0.3, 0.4) is 0 Å². The number of para-hydroxylation sites is 1. The average Bonchev–Trinajstić information content (AvgIpc) is 2.63. The number of nitrogens with one attached hydrogen (secondary N) is 2. The first kappa shape index (κ1) is 19.7. The van der Waals surface area contributed by atoms with Gasteiger partial charge in [0.15, 0.2) is 0 Å². The summed E-state index contributed by atoms with van der Waals surface area (Å²) in [5.74, 6) is -3.21. The van der Waals surface area contributed by atoms with Gasteiger partial charge in [0.1, 0.15) is 0 Å². The molecule has 0 saturated carbocycles. The van der Waals surface area contributed by atoms with Gasteiger partial charge in [-0.3, -0.25) is 9.59 Å². The van der Waals surface area contributed by atoms with Crippen LogP contribution in [0.25, 0.3) is 0 Å². The number of esters is 1. The lowest BCUT2D eigenvalue weighted by molar-refractivity contribution is -0.140. The van der Waals surface area contributed by atoms with Crippen molar-refractivity contribution >= 4 is 35.0 Å². The number of carbonyl (C=O) groups excluding carboxylic acids is 2. The van der Waals surface area contributed by atoms with Gasteiger partial charge in [-0.2, -0.15) is 8.78 Å². The fourth-order valence-corrected chi connectivity index (χ4v) is 2.64. The lowest BCUT2D eigenvalue weighted by Crippen LogP contribution is -2.26. The minimum absolute atomic E-state index is 0.0844. The molecule has 0 spiro atoms. The van der Waals surface area contributed by atoms with Gasteiger partial charge >= 0.3 is 5.97 Å². The Balaban J connectivity index is 2.04. The predicted molar refractivity (Wildman–Crippen MR) is 97.0 cm³/mol. The van der Waals surface area contributed by atoms with Crippen LogP contribution in [0.5, 0.6) is 0 Å². The fourth-order valence-electron chi connectivity index (χ4n) is 2.14. The second kappa shape index (κ2) is 9.76. The largest absolute Gasteiger partial charge is 0.469 e. The molecule has 0 atom stereocenters. The minimum Gasteiger partial charge on any atom is -0.469 e. The molecule has 8 heteroatoms. The molecule has 0 aromatic heterocycles. The summed E-state index contributed by atoms with van der Waals surface area (Å²) in [5.41, 5.74) is 1.64. The molecule has 2 aromatic rings. The van der Waals surface area contributed by atoms with Crippen LogP contribution in [0.15, 0.2) is 53.4 Å². The van der Waals surface area contributed by atoms with Crippen molar-refractivity contribution in [1.29, 1.82) is 0 Å². The second-order valence-corrected chi connectivity index (χ2v) is 6.22. The van der Waals surface area contributed by atoms with Crippen LogP contribution in [-0.4, -0.2) is 31.3 Å². The maximum atomic E-state index is 12.4. The van der Waals surface area contributed by atoms with Crippen LogP contribution in [0.2, 0.25) is 0 Å². The molecule has 138 valence electrons. The molecule has 1 amide bonds.